The highest BCUT2D eigenvalue weighted by molar-refractivity contribution is 6.05. The molecule has 2 atom stereocenters. The van der Waals surface area contributed by atoms with Crippen molar-refractivity contribution in [2.45, 2.75) is 58.1 Å². The van der Waals surface area contributed by atoms with E-state index in [4.69, 9.17) is 9.72 Å². The molecule has 1 heterocycles. The van der Waals surface area contributed by atoms with Gasteiger partial charge in [0.1, 0.15) is 0 Å². The highest BCUT2D eigenvalue weighted by Gasteiger charge is 2.30. The Hall–Kier alpha value is -2.43. The van der Waals surface area contributed by atoms with Crippen molar-refractivity contribution in [2.75, 3.05) is 0 Å². The van der Waals surface area contributed by atoms with Crippen molar-refractivity contribution >= 4 is 22.8 Å². The first kappa shape index (κ1) is 17.0. The standard InChI is InChI=1S/C21H24N2O3/c1-12-7-10-18-16(11-12)19(15-5-3-4-6-17(15)23-18)21(25)26-13(2)20(24)22-14-8-9-14/h3-6,12-14H,7-11H2,1-2H3,(H,22,24)/t12-,13-/m0/s1. The number of hydrogen-bond donors (Lipinski definition) is 1. The molecule has 5 nitrogen and oxygen atoms in total. The van der Waals surface area contributed by atoms with Gasteiger partial charge in [0.15, 0.2) is 6.10 Å². The van der Waals surface area contributed by atoms with E-state index in [2.05, 4.69) is 12.2 Å². The molecule has 2 aromatic rings. The van der Waals surface area contributed by atoms with Crippen LogP contribution >= 0.6 is 0 Å². The molecule has 1 amide bonds. The molecule has 0 bridgehead atoms. The van der Waals surface area contributed by atoms with Gasteiger partial charge in [0.2, 0.25) is 0 Å². The average Bonchev–Trinajstić information content (AvgIpc) is 3.43. The Balaban J connectivity index is 1.68. The molecule has 1 fully saturated rings. The first-order valence-corrected chi connectivity index (χ1v) is 9.44. The van der Waals surface area contributed by atoms with Crippen LogP contribution in [0.2, 0.25) is 0 Å². The molecule has 2 aliphatic rings. The number of rotatable bonds is 4. The third kappa shape index (κ3) is 3.30. The second-order valence-corrected chi connectivity index (χ2v) is 7.61. The van der Waals surface area contributed by atoms with Crippen LogP contribution in [0.3, 0.4) is 0 Å². The number of para-hydroxylation sites is 1. The third-order valence-corrected chi connectivity index (χ3v) is 5.29. The molecule has 26 heavy (non-hydrogen) atoms. The molecule has 5 heteroatoms. The quantitative estimate of drug-likeness (QED) is 0.858. The highest BCUT2D eigenvalue weighted by Crippen LogP contribution is 2.32. The van der Waals surface area contributed by atoms with Crippen molar-refractivity contribution in [2.24, 2.45) is 5.92 Å². The van der Waals surface area contributed by atoms with Gasteiger partial charge >= 0.3 is 5.97 Å². The van der Waals surface area contributed by atoms with Crippen molar-refractivity contribution < 1.29 is 14.3 Å². The summed E-state index contributed by atoms with van der Waals surface area (Å²) in [5, 5.41) is 3.69. The van der Waals surface area contributed by atoms with Crippen LogP contribution in [0.4, 0.5) is 0 Å². The van der Waals surface area contributed by atoms with E-state index in [1.165, 1.54) is 0 Å². The summed E-state index contributed by atoms with van der Waals surface area (Å²) in [5.41, 5.74) is 3.37. The minimum atomic E-state index is -0.799. The third-order valence-electron chi connectivity index (χ3n) is 5.29. The number of carbonyl (C=O) groups is 2. The maximum absolute atomic E-state index is 13.0. The number of aryl methyl sites for hydroxylation is 1. The largest absolute Gasteiger partial charge is 0.449 e. The summed E-state index contributed by atoms with van der Waals surface area (Å²) in [5.74, 6) is -0.138. The van der Waals surface area contributed by atoms with E-state index in [1.54, 1.807) is 6.92 Å². The zero-order valence-corrected chi connectivity index (χ0v) is 15.2. The molecule has 2 aliphatic carbocycles. The molecule has 1 N–H and O–H groups in total. The van der Waals surface area contributed by atoms with E-state index in [9.17, 15) is 9.59 Å². The number of ether oxygens (including phenoxy) is 1. The Morgan fingerprint density at radius 1 is 1.23 bits per heavy atom. The van der Waals surface area contributed by atoms with E-state index in [1.807, 2.05) is 24.3 Å². The van der Waals surface area contributed by atoms with E-state index >= 15 is 0 Å². The van der Waals surface area contributed by atoms with Crippen molar-refractivity contribution in [3.05, 3.63) is 41.1 Å². The normalized spacial score (nSPS) is 20.3. The molecule has 1 aromatic carbocycles. The average molecular weight is 352 g/mol. The van der Waals surface area contributed by atoms with Gasteiger partial charge < -0.3 is 10.1 Å². The number of amides is 1. The molecule has 0 saturated heterocycles. The molecule has 0 radical (unpaired) electrons. The monoisotopic (exact) mass is 352 g/mol. The van der Waals surface area contributed by atoms with Crippen LogP contribution in [0.5, 0.6) is 0 Å². The minimum Gasteiger partial charge on any atom is -0.449 e. The Labute approximate surface area is 153 Å². The van der Waals surface area contributed by atoms with Gasteiger partial charge in [-0.05, 0) is 56.6 Å². The second-order valence-electron chi connectivity index (χ2n) is 7.61. The number of hydrogen-bond acceptors (Lipinski definition) is 4. The molecule has 1 aromatic heterocycles. The summed E-state index contributed by atoms with van der Waals surface area (Å²) in [6.45, 7) is 3.83. The number of esters is 1. The molecule has 4 rings (SSSR count). The zero-order valence-electron chi connectivity index (χ0n) is 15.2. The Morgan fingerprint density at radius 3 is 2.77 bits per heavy atom. The van der Waals surface area contributed by atoms with E-state index in [-0.39, 0.29) is 11.9 Å². The predicted octanol–water partition coefficient (Wildman–Crippen LogP) is 3.18. The lowest BCUT2D eigenvalue weighted by molar-refractivity contribution is -0.129. The van der Waals surface area contributed by atoms with Crippen LogP contribution in [0.25, 0.3) is 10.9 Å². The molecular formula is C21H24N2O3. The number of benzene rings is 1. The summed E-state index contributed by atoms with van der Waals surface area (Å²) < 4.78 is 5.56. The molecule has 1 saturated carbocycles. The summed E-state index contributed by atoms with van der Waals surface area (Å²) in [6.07, 6.45) is 3.98. The van der Waals surface area contributed by atoms with Crippen LogP contribution in [-0.4, -0.2) is 29.0 Å². The fourth-order valence-corrected chi connectivity index (χ4v) is 3.61. The van der Waals surface area contributed by atoms with E-state index < -0.39 is 12.1 Å². The van der Waals surface area contributed by atoms with Crippen molar-refractivity contribution in [1.82, 2.24) is 10.3 Å². The molecule has 0 aliphatic heterocycles. The van der Waals surface area contributed by atoms with Crippen LogP contribution < -0.4 is 5.32 Å². The first-order chi connectivity index (χ1) is 12.5. The lowest BCUT2D eigenvalue weighted by Gasteiger charge is -2.24. The zero-order chi connectivity index (χ0) is 18.3. The number of nitrogens with one attached hydrogen (secondary N) is 1. The SMILES string of the molecule is C[C@H]1CCc2nc3ccccc3c(C(=O)O[C@@H](C)C(=O)NC3CC3)c2C1. The fraction of sp³-hybridized carbons (Fsp3) is 0.476. The van der Waals surface area contributed by atoms with Gasteiger partial charge in [-0.2, -0.15) is 0 Å². The smallest absolute Gasteiger partial charge is 0.339 e. The fourth-order valence-electron chi connectivity index (χ4n) is 3.61. The van der Waals surface area contributed by atoms with Crippen LogP contribution in [0, 0.1) is 5.92 Å². The van der Waals surface area contributed by atoms with E-state index in [0.717, 1.165) is 54.3 Å². The molecule has 136 valence electrons. The first-order valence-electron chi connectivity index (χ1n) is 9.44. The van der Waals surface area contributed by atoms with Gasteiger partial charge in [-0.1, -0.05) is 25.1 Å². The van der Waals surface area contributed by atoms with Gasteiger partial charge in [0.05, 0.1) is 11.1 Å². The van der Waals surface area contributed by atoms with Gasteiger partial charge in [-0.15, -0.1) is 0 Å². The Bertz CT molecular complexity index is 873. The van der Waals surface area contributed by atoms with Crippen molar-refractivity contribution in [1.29, 1.82) is 0 Å². The van der Waals surface area contributed by atoms with Gasteiger partial charge in [0.25, 0.3) is 5.91 Å². The van der Waals surface area contributed by atoms with E-state index in [0.29, 0.717) is 11.5 Å². The highest BCUT2D eigenvalue weighted by atomic mass is 16.5. The van der Waals surface area contributed by atoms with Gasteiger partial charge in [-0.25, -0.2) is 4.79 Å². The van der Waals surface area contributed by atoms with Gasteiger partial charge in [0, 0.05) is 17.1 Å². The van der Waals surface area contributed by atoms with Crippen LogP contribution in [0.1, 0.15) is 54.7 Å². The lowest BCUT2D eigenvalue weighted by atomic mass is 9.84. The second kappa shape index (κ2) is 6.71. The maximum atomic E-state index is 13.0. The number of nitrogens with zero attached hydrogens (tertiary/aromatic N) is 1. The lowest BCUT2D eigenvalue weighted by Crippen LogP contribution is -2.37. The minimum absolute atomic E-state index is 0.221. The van der Waals surface area contributed by atoms with Crippen LogP contribution in [0.15, 0.2) is 24.3 Å². The summed E-state index contributed by atoms with van der Waals surface area (Å²) in [4.78, 5) is 30.0. The summed E-state index contributed by atoms with van der Waals surface area (Å²) in [6, 6.07) is 7.91. The number of pyridine rings is 1. The summed E-state index contributed by atoms with van der Waals surface area (Å²) in [7, 11) is 0. The van der Waals surface area contributed by atoms with Gasteiger partial charge in [-0.3, -0.25) is 9.78 Å². The number of fused-ring (bicyclic) bond motifs is 2. The molecule has 0 spiro atoms. The maximum Gasteiger partial charge on any atom is 0.339 e. The van der Waals surface area contributed by atoms with Crippen LogP contribution in [-0.2, 0) is 22.4 Å². The number of carbonyl (C=O) groups excluding carboxylic acids is 2. The number of aromatic nitrogens is 1. The Kier molecular flexibility index (Phi) is 4.39. The Morgan fingerprint density at radius 2 is 2.00 bits per heavy atom. The van der Waals surface area contributed by atoms with Crippen molar-refractivity contribution in [3.8, 4) is 0 Å². The summed E-state index contributed by atoms with van der Waals surface area (Å²) >= 11 is 0. The molecular weight excluding hydrogens is 328 g/mol. The van der Waals surface area contributed by atoms with Crippen molar-refractivity contribution in [3.63, 3.8) is 0 Å². The topological polar surface area (TPSA) is 68.3 Å². The predicted molar refractivity (Wildman–Crippen MR) is 99.0 cm³/mol. The molecule has 0 unspecified atom stereocenters.